The summed E-state index contributed by atoms with van der Waals surface area (Å²) in [6.45, 7) is 3.71. The molecule has 1 aliphatic heterocycles. The van der Waals surface area contributed by atoms with Crippen molar-refractivity contribution in [2.45, 2.75) is 19.8 Å². The maximum Gasteiger partial charge on any atom is 0.321 e. The zero-order chi connectivity index (χ0) is 14.0. The molecule has 1 N–H and O–H groups in total. The fourth-order valence-electron chi connectivity index (χ4n) is 2.22. The zero-order valence-corrected chi connectivity index (χ0v) is 13.6. The first-order valence-electron chi connectivity index (χ1n) is 6.18. The summed E-state index contributed by atoms with van der Waals surface area (Å²) in [4.78, 5) is 14.0. The normalized spacial score (nSPS) is 19.4. The number of carbonyl (C=O) groups is 1. The molecule has 0 aromatic heterocycles. The second kappa shape index (κ2) is 6.33. The lowest BCUT2D eigenvalue weighted by atomic mass is 10.0. The SMILES string of the molecule is CC1CCCN(C(=O)Nc2c(Cl)cc(Br)cc2Cl)C1. The second-order valence-electron chi connectivity index (χ2n) is 4.87. The van der Waals surface area contributed by atoms with Crippen LogP contribution in [0.5, 0.6) is 0 Å². The molecule has 1 unspecified atom stereocenters. The number of hydrogen-bond donors (Lipinski definition) is 1. The van der Waals surface area contributed by atoms with E-state index >= 15 is 0 Å². The fraction of sp³-hybridized carbons (Fsp3) is 0.462. The lowest BCUT2D eigenvalue weighted by Gasteiger charge is -2.31. The second-order valence-corrected chi connectivity index (χ2v) is 6.60. The average molecular weight is 366 g/mol. The molecule has 0 bridgehead atoms. The Morgan fingerprint density at radius 1 is 1.42 bits per heavy atom. The highest BCUT2D eigenvalue weighted by molar-refractivity contribution is 9.10. The monoisotopic (exact) mass is 364 g/mol. The van der Waals surface area contributed by atoms with E-state index in [4.69, 9.17) is 23.2 Å². The van der Waals surface area contributed by atoms with Crippen LogP contribution in [0.1, 0.15) is 19.8 Å². The minimum atomic E-state index is -0.141. The van der Waals surface area contributed by atoms with Crippen LogP contribution in [0.2, 0.25) is 10.0 Å². The summed E-state index contributed by atoms with van der Waals surface area (Å²) in [5.41, 5.74) is 0.467. The third-order valence-electron chi connectivity index (χ3n) is 3.18. The van der Waals surface area contributed by atoms with Gasteiger partial charge in [-0.3, -0.25) is 0 Å². The predicted octanol–water partition coefficient (Wildman–Crippen LogP) is 5.02. The molecule has 2 amide bonds. The summed E-state index contributed by atoms with van der Waals surface area (Å²) in [7, 11) is 0. The van der Waals surface area contributed by atoms with Crippen molar-refractivity contribution in [2.75, 3.05) is 18.4 Å². The number of benzene rings is 1. The van der Waals surface area contributed by atoms with Gasteiger partial charge in [-0.2, -0.15) is 0 Å². The van der Waals surface area contributed by atoms with E-state index in [1.807, 2.05) is 4.90 Å². The third kappa shape index (κ3) is 3.77. The predicted molar refractivity (Wildman–Crippen MR) is 83.2 cm³/mol. The quantitative estimate of drug-likeness (QED) is 0.744. The number of amides is 2. The van der Waals surface area contributed by atoms with Crippen LogP contribution in [0.4, 0.5) is 10.5 Å². The highest BCUT2D eigenvalue weighted by atomic mass is 79.9. The van der Waals surface area contributed by atoms with Crippen molar-refractivity contribution in [1.29, 1.82) is 0 Å². The standard InChI is InChI=1S/C13H15BrCl2N2O/c1-8-3-2-4-18(7-8)13(19)17-12-10(15)5-9(14)6-11(12)16/h5-6,8H,2-4,7H2,1H3,(H,17,19). The molecule has 1 aromatic rings. The smallest absolute Gasteiger partial charge is 0.321 e. The minimum Gasteiger partial charge on any atom is -0.324 e. The van der Waals surface area contributed by atoms with Crippen molar-refractivity contribution >= 4 is 50.9 Å². The highest BCUT2D eigenvalue weighted by Crippen LogP contribution is 2.34. The molecule has 3 nitrogen and oxygen atoms in total. The van der Waals surface area contributed by atoms with Crippen LogP contribution in [0.25, 0.3) is 0 Å². The minimum absolute atomic E-state index is 0.141. The number of rotatable bonds is 1. The number of anilines is 1. The number of nitrogens with zero attached hydrogens (tertiary/aromatic N) is 1. The van der Waals surface area contributed by atoms with Crippen molar-refractivity contribution in [3.63, 3.8) is 0 Å². The summed E-state index contributed by atoms with van der Waals surface area (Å²) in [5, 5.41) is 3.66. The topological polar surface area (TPSA) is 32.3 Å². The Hall–Kier alpha value is -0.450. The van der Waals surface area contributed by atoms with Gasteiger partial charge in [-0.05, 0) is 30.9 Å². The molecule has 0 aliphatic carbocycles. The Morgan fingerprint density at radius 2 is 2.05 bits per heavy atom. The molecule has 1 atom stereocenters. The van der Waals surface area contributed by atoms with E-state index in [-0.39, 0.29) is 6.03 Å². The summed E-state index contributed by atoms with van der Waals surface area (Å²) in [5.74, 6) is 0.537. The summed E-state index contributed by atoms with van der Waals surface area (Å²) in [6, 6.07) is 3.28. The van der Waals surface area contributed by atoms with Crippen molar-refractivity contribution in [3.05, 3.63) is 26.7 Å². The summed E-state index contributed by atoms with van der Waals surface area (Å²) in [6.07, 6.45) is 2.21. The number of nitrogens with one attached hydrogen (secondary N) is 1. The van der Waals surface area contributed by atoms with Crippen LogP contribution >= 0.6 is 39.1 Å². The van der Waals surface area contributed by atoms with Crippen molar-refractivity contribution in [2.24, 2.45) is 5.92 Å². The Balaban J connectivity index is 2.10. The summed E-state index contributed by atoms with van der Waals surface area (Å²) >= 11 is 15.5. The molecular weight excluding hydrogens is 351 g/mol. The largest absolute Gasteiger partial charge is 0.324 e. The van der Waals surface area contributed by atoms with Gasteiger partial charge in [-0.1, -0.05) is 46.1 Å². The van der Waals surface area contributed by atoms with Crippen molar-refractivity contribution in [1.82, 2.24) is 4.90 Å². The Morgan fingerprint density at radius 3 is 2.63 bits per heavy atom. The van der Waals surface area contributed by atoms with E-state index in [1.54, 1.807) is 12.1 Å². The first-order chi connectivity index (χ1) is 8.97. The van der Waals surface area contributed by atoms with E-state index in [1.165, 1.54) is 6.42 Å². The number of urea groups is 1. The Labute approximate surface area is 131 Å². The van der Waals surface area contributed by atoms with Gasteiger partial charge in [0.2, 0.25) is 0 Å². The Kier molecular flexibility index (Phi) is 4.98. The average Bonchev–Trinajstić information content (AvgIpc) is 2.33. The zero-order valence-electron chi connectivity index (χ0n) is 10.5. The molecule has 1 heterocycles. The van der Waals surface area contributed by atoms with Crippen LogP contribution < -0.4 is 5.32 Å². The van der Waals surface area contributed by atoms with Gasteiger partial charge in [0.1, 0.15) is 0 Å². The lowest BCUT2D eigenvalue weighted by Crippen LogP contribution is -2.41. The van der Waals surface area contributed by atoms with Crippen molar-refractivity contribution in [3.8, 4) is 0 Å². The molecule has 1 aliphatic rings. The fourth-order valence-corrected chi connectivity index (χ4v) is 3.52. The molecule has 0 spiro atoms. The van der Waals surface area contributed by atoms with Crippen LogP contribution in [-0.2, 0) is 0 Å². The molecule has 104 valence electrons. The van der Waals surface area contributed by atoms with Gasteiger partial charge in [0.15, 0.2) is 0 Å². The first kappa shape index (κ1) is 14.9. The number of piperidine rings is 1. The number of hydrogen-bond acceptors (Lipinski definition) is 1. The van der Waals surface area contributed by atoms with Gasteiger partial charge in [-0.25, -0.2) is 4.79 Å². The van der Waals surface area contributed by atoms with Crippen LogP contribution in [0.15, 0.2) is 16.6 Å². The Bertz CT molecular complexity index is 473. The maximum atomic E-state index is 12.2. The number of halogens is 3. The molecule has 1 aromatic carbocycles. The summed E-state index contributed by atoms with van der Waals surface area (Å²) < 4.78 is 0.784. The van der Waals surface area contributed by atoms with E-state index < -0.39 is 0 Å². The van der Waals surface area contributed by atoms with E-state index in [0.717, 1.165) is 24.0 Å². The molecule has 19 heavy (non-hydrogen) atoms. The lowest BCUT2D eigenvalue weighted by molar-refractivity contribution is 0.182. The molecule has 1 fully saturated rings. The van der Waals surface area contributed by atoms with Crippen LogP contribution in [0, 0.1) is 5.92 Å². The van der Waals surface area contributed by atoms with Gasteiger partial charge in [0, 0.05) is 17.6 Å². The number of likely N-dealkylation sites (tertiary alicyclic amines) is 1. The highest BCUT2D eigenvalue weighted by Gasteiger charge is 2.22. The molecular formula is C13H15BrCl2N2O. The first-order valence-corrected chi connectivity index (χ1v) is 7.72. The molecule has 1 saturated heterocycles. The molecule has 6 heteroatoms. The van der Waals surface area contributed by atoms with Gasteiger partial charge in [-0.15, -0.1) is 0 Å². The third-order valence-corrected chi connectivity index (χ3v) is 4.24. The van der Waals surface area contributed by atoms with Gasteiger partial charge >= 0.3 is 6.03 Å². The van der Waals surface area contributed by atoms with Gasteiger partial charge in [0.25, 0.3) is 0 Å². The van der Waals surface area contributed by atoms with E-state index in [9.17, 15) is 4.79 Å². The van der Waals surface area contributed by atoms with E-state index in [0.29, 0.717) is 21.7 Å². The van der Waals surface area contributed by atoms with Crippen LogP contribution in [0.3, 0.4) is 0 Å². The van der Waals surface area contributed by atoms with Gasteiger partial charge in [0.05, 0.1) is 15.7 Å². The number of carbonyl (C=O) groups excluding carboxylic acids is 1. The molecule has 2 rings (SSSR count). The molecule has 0 saturated carbocycles. The maximum absolute atomic E-state index is 12.2. The van der Waals surface area contributed by atoms with E-state index in [2.05, 4.69) is 28.2 Å². The van der Waals surface area contributed by atoms with Gasteiger partial charge < -0.3 is 10.2 Å². The molecule has 0 radical (unpaired) electrons. The van der Waals surface area contributed by atoms with Crippen molar-refractivity contribution < 1.29 is 4.79 Å². The van der Waals surface area contributed by atoms with Crippen LogP contribution in [-0.4, -0.2) is 24.0 Å².